The fourth-order valence-electron chi connectivity index (χ4n) is 2.46. The number of fused-ring (bicyclic) bond motifs is 1. The van der Waals surface area contributed by atoms with Gasteiger partial charge in [0.25, 0.3) is 5.56 Å². The Labute approximate surface area is 134 Å². The minimum Gasteiger partial charge on any atom is -0.645 e. The highest BCUT2D eigenvalue weighted by molar-refractivity contribution is 7.53. The molecule has 7 N–H and O–H groups in total. The molecule has 2 aromatic rings. The van der Waals surface area contributed by atoms with E-state index in [1.165, 1.54) is 10.9 Å². The summed E-state index contributed by atoms with van der Waals surface area (Å²) in [5.74, 6) is -0.173. The van der Waals surface area contributed by atoms with Crippen molar-refractivity contribution in [2.45, 2.75) is 24.5 Å². The molecule has 14 heteroatoms. The van der Waals surface area contributed by atoms with Crippen molar-refractivity contribution in [2.24, 2.45) is 0 Å². The molecule has 0 amide bonds. The van der Waals surface area contributed by atoms with Crippen LogP contribution in [0.4, 0.5) is 5.95 Å². The molecule has 1 aliphatic rings. The van der Waals surface area contributed by atoms with Crippen LogP contribution < -0.4 is 26.2 Å². The van der Waals surface area contributed by atoms with Crippen molar-refractivity contribution >= 4 is 25.2 Å². The molecule has 0 radical (unpaired) electrons. The number of hydrogen-bond donors (Lipinski definition) is 6. The number of H-pyrrole nitrogens is 1. The van der Waals surface area contributed by atoms with Gasteiger partial charge in [-0.2, -0.15) is 10.1 Å². The van der Waals surface area contributed by atoms with E-state index in [1.54, 1.807) is 5.09 Å². The number of nitrogen functional groups attached to an aromatic ring is 1. The first-order valence-electron chi connectivity index (χ1n) is 6.70. The summed E-state index contributed by atoms with van der Waals surface area (Å²) in [5, 5.41) is 21.9. The Hall–Kier alpha value is -1.70. The van der Waals surface area contributed by atoms with E-state index in [0.29, 0.717) is 0 Å². The van der Waals surface area contributed by atoms with E-state index in [-0.39, 0.29) is 17.1 Å². The molecule has 0 unspecified atom stereocenters. The predicted octanol–water partition coefficient (Wildman–Crippen LogP) is -4.70. The van der Waals surface area contributed by atoms with E-state index in [9.17, 15) is 24.8 Å². The highest BCUT2D eigenvalue weighted by Gasteiger charge is 2.44. The average molecular weight is 361 g/mol. The maximum Gasteiger partial charge on any atom is 0.280 e. The van der Waals surface area contributed by atoms with Gasteiger partial charge < -0.3 is 30.5 Å². The van der Waals surface area contributed by atoms with Crippen LogP contribution in [0.1, 0.15) is 6.23 Å². The zero-order chi connectivity index (χ0) is 17.6. The minimum absolute atomic E-state index is 0.0257. The second-order valence-electron chi connectivity index (χ2n) is 5.20. The normalized spacial score (nSPS) is 27.9. The summed E-state index contributed by atoms with van der Waals surface area (Å²) in [6.07, 6.45) is -4.06. The minimum atomic E-state index is -4.76. The predicted molar refractivity (Wildman–Crippen MR) is 75.6 cm³/mol. The van der Waals surface area contributed by atoms with E-state index in [1.807, 2.05) is 0 Å². The summed E-state index contributed by atoms with van der Waals surface area (Å²) in [6, 6.07) is 0. The lowest BCUT2D eigenvalue weighted by atomic mass is 10.1. The van der Waals surface area contributed by atoms with Crippen LogP contribution in [0.3, 0.4) is 0 Å². The highest BCUT2D eigenvalue weighted by atomic mass is 31.2. The third-order valence-electron chi connectivity index (χ3n) is 3.55. The molecule has 0 spiro atoms. The maximum atomic E-state index is 11.7. The van der Waals surface area contributed by atoms with Crippen LogP contribution in [-0.2, 0) is 4.74 Å². The second kappa shape index (κ2) is 5.98. The van der Waals surface area contributed by atoms with Crippen molar-refractivity contribution in [1.82, 2.24) is 24.6 Å². The number of aliphatic hydroxyl groups is 2. The largest absolute Gasteiger partial charge is 0.645 e. The maximum absolute atomic E-state index is 11.7. The first-order valence-corrected chi connectivity index (χ1v) is 8.28. The standard InChI is InChI=1S/C10H15N6O7P/c11-10-14-7-4(8(19)15-10)12-2-16(7)9-6(18)5(17)3(23-9)1-13-24(20,21)22/h2-3,5-6,9,17-18H,1H2,(H3,11,14,15,19)(H3,13,20,21,22)/p-1/t3-,5-,6-,9-/m1/s1. The van der Waals surface area contributed by atoms with Gasteiger partial charge in [-0.1, -0.05) is 0 Å². The molecule has 1 fully saturated rings. The first kappa shape index (κ1) is 17.1. The van der Waals surface area contributed by atoms with Crippen molar-refractivity contribution in [2.75, 3.05) is 12.3 Å². The SMILES string of the molecule is Nc1nc2c(ncn2[C@@H]2O[C@H](CN[P+]([O-])([O-])O)[C@@H](O)[C@H]2O)c(=O)[nH]1. The third-order valence-corrected chi connectivity index (χ3v) is 4.14. The van der Waals surface area contributed by atoms with Gasteiger partial charge >= 0.3 is 0 Å². The Morgan fingerprint density at radius 1 is 1.46 bits per heavy atom. The van der Waals surface area contributed by atoms with Crippen LogP contribution in [-0.4, -0.2) is 59.5 Å². The van der Waals surface area contributed by atoms with Gasteiger partial charge in [0.05, 0.1) is 12.9 Å². The number of anilines is 1. The van der Waals surface area contributed by atoms with Crippen LogP contribution in [0, 0.1) is 0 Å². The second-order valence-corrected chi connectivity index (χ2v) is 6.56. The lowest BCUT2D eigenvalue weighted by Crippen LogP contribution is -2.42. The van der Waals surface area contributed by atoms with Gasteiger partial charge in [0.1, 0.15) is 26.4 Å². The zero-order valence-electron chi connectivity index (χ0n) is 11.9. The Kier molecular flexibility index (Phi) is 4.27. The molecule has 3 rings (SSSR count). The van der Waals surface area contributed by atoms with Crippen LogP contribution in [0.2, 0.25) is 0 Å². The first-order chi connectivity index (χ1) is 11.2. The Morgan fingerprint density at radius 2 is 2.17 bits per heavy atom. The quantitative estimate of drug-likeness (QED) is 0.284. The number of nitrogens with two attached hydrogens (primary N) is 1. The molecule has 1 saturated heterocycles. The molecule has 4 atom stereocenters. The number of aliphatic hydroxyl groups excluding tert-OH is 2. The fourth-order valence-corrected chi connectivity index (χ4v) is 2.87. The van der Waals surface area contributed by atoms with Crippen molar-refractivity contribution < 1.29 is 29.6 Å². The van der Waals surface area contributed by atoms with Gasteiger partial charge in [-0.05, 0) is 0 Å². The monoisotopic (exact) mass is 361 g/mol. The number of nitrogens with zero attached hydrogens (tertiary/aromatic N) is 3. The number of aromatic amines is 1. The molecule has 0 aliphatic carbocycles. The van der Waals surface area contributed by atoms with Gasteiger partial charge in [0.15, 0.2) is 17.4 Å². The zero-order valence-corrected chi connectivity index (χ0v) is 12.8. The number of rotatable bonds is 4. The van der Waals surface area contributed by atoms with E-state index < -0.39 is 44.7 Å². The fraction of sp³-hybridized carbons (Fsp3) is 0.500. The molecule has 13 nitrogen and oxygen atoms in total. The number of hydrogen-bond acceptors (Lipinski definition) is 11. The highest BCUT2D eigenvalue weighted by Crippen LogP contribution is 2.33. The lowest BCUT2D eigenvalue weighted by molar-refractivity contribution is -0.336. The lowest BCUT2D eigenvalue weighted by Gasteiger charge is -2.29. The Balaban J connectivity index is 1.89. The smallest absolute Gasteiger partial charge is 0.280 e. The van der Waals surface area contributed by atoms with E-state index in [0.717, 1.165) is 0 Å². The van der Waals surface area contributed by atoms with Crippen LogP contribution in [0.15, 0.2) is 11.1 Å². The van der Waals surface area contributed by atoms with Gasteiger partial charge in [0, 0.05) is 0 Å². The van der Waals surface area contributed by atoms with Crippen molar-refractivity contribution in [3.05, 3.63) is 16.7 Å². The number of aromatic nitrogens is 4. The Morgan fingerprint density at radius 3 is 2.83 bits per heavy atom. The molecule has 132 valence electrons. The molecular weight excluding hydrogens is 347 g/mol. The summed E-state index contributed by atoms with van der Waals surface area (Å²) in [4.78, 5) is 51.9. The van der Waals surface area contributed by atoms with Crippen molar-refractivity contribution in [3.63, 3.8) is 0 Å². The van der Waals surface area contributed by atoms with Crippen molar-refractivity contribution in [1.29, 1.82) is 0 Å². The number of ether oxygens (including phenoxy) is 1. The van der Waals surface area contributed by atoms with Gasteiger partial charge in [-0.15, -0.1) is 0 Å². The Bertz CT molecular complexity index is 803. The van der Waals surface area contributed by atoms with Crippen molar-refractivity contribution in [3.8, 4) is 0 Å². The molecule has 1 aliphatic heterocycles. The van der Waals surface area contributed by atoms with Gasteiger partial charge in [-0.3, -0.25) is 14.3 Å². The van der Waals surface area contributed by atoms with E-state index >= 15 is 0 Å². The van der Waals surface area contributed by atoms with Gasteiger partial charge in [-0.25, -0.2) is 9.88 Å². The summed E-state index contributed by atoms with van der Waals surface area (Å²) in [5.41, 5.74) is 4.86. The summed E-state index contributed by atoms with van der Waals surface area (Å²) >= 11 is 0. The molecule has 0 bridgehead atoms. The van der Waals surface area contributed by atoms with Crippen LogP contribution in [0.25, 0.3) is 11.2 Å². The summed E-state index contributed by atoms with van der Waals surface area (Å²) in [6.45, 7) is -0.464. The molecule has 3 heterocycles. The third kappa shape index (κ3) is 3.11. The van der Waals surface area contributed by atoms with E-state index in [2.05, 4.69) is 15.0 Å². The molecule has 24 heavy (non-hydrogen) atoms. The number of imidazole rings is 1. The summed E-state index contributed by atoms with van der Waals surface area (Å²) in [7, 11) is -4.76. The van der Waals surface area contributed by atoms with Crippen LogP contribution in [0.5, 0.6) is 0 Å². The average Bonchev–Trinajstić information content (AvgIpc) is 3.00. The molecule has 0 aromatic carbocycles. The number of nitrogens with one attached hydrogen (secondary N) is 2. The van der Waals surface area contributed by atoms with Gasteiger partial charge in [0.2, 0.25) is 5.95 Å². The molecular formula is C10H14N6O7P-. The summed E-state index contributed by atoms with van der Waals surface area (Å²) < 4.78 is 6.61. The van der Waals surface area contributed by atoms with Crippen LogP contribution >= 0.6 is 8.09 Å². The van der Waals surface area contributed by atoms with E-state index in [4.69, 9.17) is 15.4 Å². The topological polar surface area (TPSA) is 218 Å². The molecule has 2 aromatic heterocycles. The molecule has 0 saturated carbocycles.